The SMILES string of the molecule is C1=CC(C2=CC(N(c3ccc4c(c3)c3ccccc3n4-c3cccc4ccccc34)C3CC=CCC3)=CCC2)CC(N(c2ccccc2)c2ccccc2)=C1. The van der Waals surface area contributed by atoms with Crippen molar-refractivity contribution in [3.05, 3.63) is 205 Å². The van der Waals surface area contributed by atoms with Crippen LogP contribution in [0, 0.1) is 5.92 Å². The maximum atomic E-state index is 2.68. The molecular formula is C52H45N3. The van der Waals surface area contributed by atoms with E-state index in [1.54, 1.807) is 0 Å². The highest BCUT2D eigenvalue weighted by Crippen LogP contribution is 2.42. The van der Waals surface area contributed by atoms with Crippen molar-refractivity contribution in [1.29, 1.82) is 0 Å². The van der Waals surface area contributed by atoms with E-state index >= 15 is 0 Å². The summed E-state index contributed by atoms with van der Waals surface area (Å²) in [6.45, 7) is 0. The number of hydrogen-bond acceptors (Lipinski definition) is 2. The van der Waals surface area contributed by atoms with Gasteiger partial charge in [-0.05, 0) is 111 Å². The van der Waals surface area contributed by atoms with Crippen LogP contribution in [0.25, 0.3) is 38.3 Å². The summed E-state index contributed by atoms with van der Waals surface area (Å²) in [7, 11) is 0. The Bertz CT molecular complexity index is 2630. The molecule has 268 valence electrons. The molecule has 0 spiro atoms. The van der Waals surface area contributed by atoms with Gasteiger partial charge in [0.15, 0.2) is 0 Å². The van der Waals surface area contributed by atoms with Gasteiger partial charge in [-0.3, -0.25) is 0 Å². The maximum Gasteiger partial charge on any atom is 0.0542 e. The number of para-hydroxylation sites is 3. The van der Waals surface area contributed by atoms with Crippen molar-refractivity contribution in [3.8, 4) is 5.69 Å². The Morgan fingerprint density at radius 3 is 2.13 bits per heavy atom. The van der Waals surface area contributed by atoms with Crippen LogP contribution in [0.3, 0.4) is 0 Å². The normalized spacial score (nSPS) is 18.3. The second-order valence-electron chi connectivity index (χ2n) is 15.1. The molecule has 2 unspecified atom stereocenters. The smallest absolute Gasteiger partial charge is 0.0542 e. The minimum absolute atomic E-state index is 0.341. The second-order valence-corrected chi connectivity index (χ2v) is 15.1. The van der Waals surface area contributed by atoms with Crippen LogP contribution in [-0.2, 0) is 0 Å². The van der Waals surface area contributed by atoms with Crippen molar-refractivity contribution < 1.29 is 0 Å². The molecule has 1 heterocycles. The van der Waals surface area contributed by atoms with Gasteiger partial charge in [-0.25, -0.2) is 0 Å². The first-order chi connectivity index (χ1) is 27.3. The fourth-order valence-corrected chi connectivity index (χ4v) is 9.24. The van der Waals surface area contributed by atoms with Gasteiger partial charge in [0, 0.05) is 56.6 Å². The van der Waals surface area contributed by atoms with E-state index in [1.165, 1.54) is 72.3 Å². The van der Waals surface area contributed by atoms with Crippen LogP contribution >= 0.6 is 0 Å². The fraction of sp³-hybridized carbons (Fsp3) is 0.154. The second kappa shape index (κ2) is 14.5. The van der Waals surface area contributed by atoms with Gasteiger partial charge in [0.1, 0.15) is 0 Å². The number of rotatable bonds is 8. The van der Waals surface area contributed by atoms with Crippen LogP contribution in [0.5, 0.6) is 0 Å². The Morgan fingerprint density at radius 1 is 0.600 bits per heavy atom. The van der Waals surface area contributed by atoms with Gasteiger partial charge >= 0.3 is 0 Å². The quantitative estimate of drug-likeness (QED) is 0.145. The standard InChI is InChI=1S/C52H45N3/c1-4-21-41(22-5-1)53(42-23-6-2-7-24-42)44-27-14-19-39(35-44)40-20-15-28-45(36-40)54(43-25-8-3-9-26-43)46-33-34-52-49(37-46)48-30-12-13-31-51(48)55(52)50-32-16-18-38-17-10-11-29-47(38)50/h1-8,10-14,16-19,21-24,27-34,36-37,39,43H,9,15,20,25-26,35H2. The Kier molecular flexibility index (Phi) is 8.76. The molecule has 0 aliphatic heterocycles. The van der Waals surface area contributed by atoms with Gasteiger partial charge in [0.2, 0.25) is 0 Å². The minimum atomic E-state index is 0.341. The molecule has 6 aromatic carbocycles. The van der Waals surface area contributed by atoms with Gasteiger partial charge in [-0.2, -0.15) is 0 Å². The molecule has 3 aliphatic carbocycles. The molecule has 0 saturated heterocycles. The zero-order valence-corrected chi connectivity index (χ0v) is 31.1. The molecule has 0 N–H and O–H groups in total. The zero-order chi connectivity index (χ0) is 36.6. The molecule has 0 radical (unpaired) electrons. The number of allylic oxidation sites excluding steroid dienone is 8. The summed E-state index contributed by atoms with van der Waals surface area (Å²) < 4.78 is 2.47. The summed E-state index contributed by atoms with van der Waals surface area (Å²) >= 11 is 0. The zero-order valence-electron chi connectivity index (χ0n) is 31.1. The average Bonchev–Trinajstić information content (AvgIpc) is 3.58. The first-order valence-electron chi connectivity index (χ1n) is 19.9. The molecule has 55 heavy (non-hydrogen) atoms. The maximum absolute atomic E-state index is 2.68. The van der Waals surface area contributed by atoms with Gasteiger partial charge in [-0.15, -0.1) is 0 Å². The Balaban J connectivity index is 1.03. The van der Waals surface area contributed by atoms with Gasteiger partial charge in [-0.1, -0.05) is 127 Å². The number of anilines is 3. The van der Waals surface area contributed by atoms with Crippen molar-refractivity contribution in [2.24, 2.45) is 5.92 Å². The molecule has 10 rings (SSSR count). The third kappa shape index (κ3) is 6.20. The molecule has 3 heteroatoms. The number of nitrogens with zero attached hydrogens (tertiary/aromatic N) is 3. The first kappa shape index (κ1) is 33.3. The number of hydrogen-bond donors (Lipinski definition) is 0. The molecule has 0 fully saturated rings. The molecule has 3 nitrogen and oxygen atoms in total. The highest BCUT2D eigenvalue weighted by atomic mass is 15.2. The van der Waals surface area contributed by atoms with Crippen LogP contribution in [-0.4, -0.2) is 10.6 Å². The van der Waals surface area contributed by atoms with Crippen molar-refractivity contribution in [2.75, 3.05) is 9.80 Å². The van der Waals surface area contributed by atoms with Crippen LogP contribution in [0.1, 0.15) is 38.5 Å². The van der Waals surface area contributed by atoms with Crippen molar-refractivity contribution >= 4 is 49.6 Å². The monoisotopic (exact) mass is 711 g/mol. The largest absolute Gasteiger partial charge is 0.338 e. The fourth-order valence-electron chi connectivity index (χ4n) is 9.24. The highest BCUT2D eigenvalue weighted by Gasteiger charge is 2.28. The van der Waals surface area contributed by atoms with E-state index in [2.05, 4.69) is 202 Å². The van der Waals surface area contributed by atoms with E-state index in [0.717, 1.165) is 38.5 Å². The summed E-state index contributed by atoms with van der Waals surface area (Å²) in [6.07, 6.45) is 23.2. The van der Waals surface area contributed by atoms with E-state index in [4.69, 9.17) is 0 Å². The molecule has 0 saturated carbocycles. The van der Waals surface area contributed by atoms with E-state index in [9.17, 15) is 0 Å². The summed E-state index contributed by atoms with van der Waals surface area (Å²) in [5, 5.41) is 5.11. The average molecular weight is 712 g/mol. The minimum Gasteiger partial charge on any atom is -0.338 e. The third-order valence-corrected chi connectivity index (χ3v) is 11.8. The lowest BCUT2D eigenvalue weighted by atomic mass is 9.84. The van der Waals surface area contributed by atoms with Gasteiger partial charge < -0.3 is 14.4 Å². The third-order valence-electron chi connectivity index (χ3n) is 11.8. The van der Waals surface area contributed by atoms with Crippen molar-refractivity contribution in [2.45, 2.75) is 44.6 Å². The number of benzene rings is 6. The van der Waals surface area contributed by atoms with Gasteiger partial charge in [0.05, 0.1) is 16.7 Å². The predicted octanol–water partition coefficient (Wildman–Crippen LogP) is 13.8. The molecule has 1 aromatic heterocycles. The topological polar surface area (TPSA) is 11.4 Å². The molecule has 2 atom stereocenters. The summed E-state index contributed by atoms with van der Waals surface area (Å²) in [4.78, 5) is 5.11. The molecule has 7 aromatic rings. The molecular weight excluding hydrogens is 667 g/mol. The first-order valence-corrected chi connectivity index (χ1v) is 19.9. The summed E-state index contributed by atoms with van der Waals surface area (Å²) in [5.74, 6) is 0.341. The van der Waals surface area contributed by atoms with E-state index < -0.39 is 0 Å². The van der Waals surface area contributed by atoms with Crippen LogP contribution < -0.4 is 9.80 Å². The molecule has 0 bridgehead atoms. The van der Waals surface area contributed by atoms with Crippen molar-refractivity contribution in [3.63, 3.8) is 0 Å². The van der Waals surface area contributed by atoms with Crippen LogP contribution in [0.4, 0.5) is 17.1 Å². The number of fused-ring (bicyclic) bond motifs is 4. The lowest BCUT2D eigenvalue weighted by molar-refractivity contribution is 0.575. The van der Waals surface area contributed by atoms with Crippen molar-refractivity contribution in [1.82, 2.24) is 4.57 Å². The Morgan fingerprint density at radius 2 is 1.33 bits per heavy atom. The molecule has 3 aliphatic rings. The van der Waals surface area contributed by atoms with Crippen LogP contribution in [0.15, 0.2) is 205 Å². The summed E-state index contributed by atoms with van der Waals surface area (Å²) in [6, 6.07) is 53.5. The summed E-state index contributed by atoms with van der Waals surface area (Å²) in [5.41, 5.74) is 11.6. The molecule has 0 amide bonds. The van der Waals surface area contributed by atoms with E-state index in [0.29, 0.717) is 12.0 Å². The van der Waals surface area contributed by atoms with E-state index in [1.807, 2.05) is 0 Å². The van der Waals surface area contributed by atoms with E-state index in [-0.39, 0.29) is 0 Å². The Labute approximate surface area is 324 Å². The van der Waals surface area contributed by atoms with Gasteiger partial charge in [0.25, 0.3) is 0 Å². The lowest BCUT2D eigenvalue weighted by Crippen LogP contribution is -2.35. The highest BCUT2D eigenvalue weighted by molar-refractivity contribution is 6.11. The predicted molar refractivity (Wildman–Crippen MR) is 233 cm³/mol. The number of aromatic nitrogens is 1. The Hall–Kier alpha value is -6.32. The van der Waals surface area contributed by atoms with Crippen LogP contribution in [0.2, 0.25) is 0 Å². The lowest BCUT2D eigenvalue weighted by Gasteiger charge is -2.38.